The molecule has 1 heterocycles. The molecule has 3 aromatic rings. The van der Waals surface area contributed by atoms with Crippen molar-refractivity contribution in [3.8, 4) is 16.9 Å². The summed E-state index contributed by atoms with van der Waals surface area (Å²) in [5.41, 5.74) is 2.09. The molecule has 2 aromatic carbocycles. The molecular formula is C22H22N2O3S. The standard InChI is InChI=1S/C22H22N2O3S/c1-24(22(26)20-12-7-15-28-20)16-21(25)23-13-14-27-19-11-6-5-10-18(19)17-8-3-2-4-9-17/h2-12,15H,13-14,16H2,1H3,(H,23,25). The molecule has 28 heavy (non-hydrogen) atoms. The summed E-state index contributed by atoms with van der Waals surface area (Å²) in [4.78, 5) is 26.3. The SMILES string of the molecule is CN(CC(=O)NCCOc1ccccc1-c1ccccc1)C(=O)c1cccs1. The van der Waals surface area contributed by atoms with Crippen molar-refractivity contribution in [2.45, 2.75) is 0 Å². The largest absolute Gasteiger partial charge is 0.491 e. The van der Waals surface area contributed by atoms with Crippen molar-refractivity contribution in [3.05, 3.63) is 77.0 Å². The van der Waals surface area contributed by atoms with Gasteiger partial charge in [0, 0.05) is 12.6 Å². The van der Waals surface area contributed by atoms with E-state index in [1.54, 1.807) is 13.1 Å². The highest BCUT2D eigenvalue weighted by molar-refractivity contribution is 7.12. The molecule has 0 aliphatic rings. The number of ether oxygens (including phenoxy) is 1. The Balaban J connectivity index is 1.46. The summed E-state index contributed by atoms with van der Waals surface area (Å²) in [6.45, 7) is 0.721. The lowest BCUT2D eigenvalue weighted by atomic mass is 10.1. The quantitative estimate of drug-likeness (QED) is 0.593. The number of likely N-dealkylation sites (N-methyl/N-ethyl adjacent to an activating group) is 1. The Morgan fingerprint density at radius 2 is 1.75 bits per heavy atom. The van der Waals surface area contributed by atoms with Crippen molar-refractivity contribution in [1.29, 1.82) is 0 Å². The van der Waals surface area contributed by atoms with E-state index >= 15 is 0 Å². The number of thiophene rings is 1. The summed E-state index contributed by atoms with van der Waals surface area (Å²) in [6.07, 6.45) is 0. The first-order chi connectivity index (χ1) is 13.6. The molecule has 0 spiro atoms. The molecule has 1 N–H and O–H groups in total. The van der Waals surface area contributed by atoms with Crippen LogP contribution in [0.3, 0.4) is 0 Å². The zero-order chi connectivity index (χ0) is 19.8. The molecule has 0 bridgehead atoms. The van der Waals surface area contributed by atoms with E-state index in [-0.39, 0.29) is 18.4 Å². The fourth-order valence-corrected chi connectivity index (χ4v) is 3.45. The summed E-state index contributed by atoms with van der Waals surface area (Å²) < 4.78 is 5.86. The molecule has 0 fully saturated rings. The van der Waals surface area contributed by atoms with E-state index in [1.165, 1.54) is 16.2 Å². The number of para-hydroxylation sites is 1. The molecule has 0 saturated carbocycles. The van der Waals surface area contributed by atoms with Gasteiger partial charge in [-0.05, 0) is 23.1 Å². The van der Waals surface area contributed by atoms with E-state index in [4.69, 9.17) is 4.74 Å². The Bertz CT molecular complexity index is 911. The minimum Gasteiger partial charge on any atom is -0.491 e. The molecule has 3 rings (SSSR count). The number of carbonyl (C=O) groups excluding carboxylic acids is 2. The number of nitrogens with one attached hydrogen (secondary N) is 1. The minimum absolute atomic E-state index is 0.0112. The van der Waals surface area contributed by atoms with Gasteiger partial charge in [-0.15, -0.1) is 11.3 Å². The molecule has 0 unspecified atom stereocenters. The van der Waals surface area contributed by atoms with Crippen LogP contribution in [0.15, 0.2) is 72.1 Å². The number of hydrogen-bond acceptors (Lipinski definition) is 4. The van der Waals surface area contributed by atoms with E-state index in [0.717, 1.165) is 16.9 Å². The first-order valence-corrected chi connectivity index (χ1v) is 9.86. The minimum atomic E-state index is -0.215. The topological polar surface area (TPSA) is 58.6 Å². The maximum Gasteiger partial charge on any atom is 0.264 e. The van der Waals surface area contributed by atoms with Crippen LogP contribution in [-0.2, 0) is 4.79 Å². The summed E-state index contributed by atoms with van der Waals surface area (Å²) in [5, 5.41) is 4.63. The molecule has 0 aliphatic carbocycles. The molecule has 144 valence electrons. The second kappa shape index (κ2) is 9.71. The Morgan fingerprint density at radius 3 is 2.50 bits per heavy atom. The summed E-state index contributed by atoms with van der Waals surface area (Å²) in [6, 6.07) is 21.4. The van der Waals surface area contributed by atoms with Crippen molar-refractivity contribution < 1.29 is 14.3 Å². The molecule has 6 heteroatoms. The summed E-state index contributed by atoms with van der Waals surface area (Å²) in [5.74, 6) is 0.401. The molecule has 0 atom stereocenters. The number of rotatable bonds is 8. The molecular weight excluding hydrogens is 372 g/mol. The molecule has 0 aliphatic heterocycles. The van der Waals surface area contributed by atoms with Crippen molar-refractivity contribution in [2.24, 2.45) is 0 Å². The Morgan fingerprint density at radius 1 is 1.00 bits per heavy atom. The Hall–Kier alpha value is -3.12. The average molecular weight is 394 g/mol. The predicted octanol–water partition coefficient (Wildman–Crippen LogP) is 3.68. The van der Waals surface area contributed by atoms with Gasteiger partial charge in [-0.25, -0.2) is 0 Å². The van der Waals surface area contributed by atoms with Crippen molar-refractivity contribution in [3.63, 3.8) is 0 Å². The van der Waals surface area contributed by atoms with Crippen LogP contribution in [0.25, 0.3) is 11.1 Å². The van der Waals surface area contributed by atoms with E-state index in [9.17, 15) is 9.59 Å². The number of nitrogens with zero attached hydrogens (tertiary/aromatic N) is 1. The van der Waals surface area contributed by atoms with Gasteiger partial charge in [0.25, 0.3) is 5.91 Å². The average Bonchev–Trinajstić information content (AvgIpc) is 3.26. The van der Waals surface area contributed by atoms with Gasteiger partial charge in [0.05, 0.1) is 18.0 Å². The van der Waals surface area contributed by atoms with Crippen LogP contribution < -0.4 is 10.1 Å². The van der Waals surface area contributed by atoms with Crippen LogP contribution in [0, 0.1) is 0 Å². The fraction of sp³-hybridized carbons (Fsp3) is 0.182. The van der Waals surface area contributed by atoms with E-state index in [2.05, 4.69) is 5.32 Å². The lowest BCUT2D eigenvalue weighted by Crippen LogP contribution is -2.39. The lowest BCUT2D eigenvalue weighted by molar-refractivity contribution is -0.121. The van der Waals surface area contributed by atoms with Crippen molar-refractivity contribution in [2.75, 3.05) is 26.7 Å². The van der Waals surface area contributed by atoms with Gasteiger partial charge in [-0.2, -0.15) is 0 Å². The summed E-state index contributed by atoms with van der Waals surface area (Å²) in [7, 11) is 1.62. The van der Waals surface area contributed by atoms with Gasteiger partial charge in [-0.3, -0.25) is 9.59 Å². The van der Waals surface area contributed by atoms with Gasteiger partial charge in [0.2, 0.25) is 5.91 Å². The smallest absolute Gasteiger partial charge is 0.264 e. The lowest BCUT2D eigenvalue weighted by Gasteiger charge is -2.16. The van der Waals surface area contributed by atoms with E-state index in [1.807, 2.05) is 66.0 Å². The third kappa shape index (κ3) is 5.20. The number of amides is 2. The second-order valence-corrected chi connectivity index (χ2v) is 7.15. The van der Waals surface area contributed by atoms with Gasteiger partial charge >= 0.3 is 0 Å². The molecule has 0 radical (unpaired) electrons. The number of hydrogen-bond donors (Lipinski definition) is 1. The Labute approximate surface area is 168 Å². The monoisotopic (exact) mass is 394 g/mol. The van der Waals surface area contributed by atoms with E-state index in [0.29, 0.717) is 18.0 Å². The third-order valence-corrected chi connectivity index (χ3v) is 4.97. The Kier molecular flexibility index (Phi) is 6.81. The third-order valence-electron chi connectivity index (χ3n) is 4.11. The van der Waals surface area contributed by atoms with Gasteiger partial charge in [0.1, 0.15) is 12.4 Å². The zero-order valence-corrected chi connectivity index (χ0v) is 16.4. The van der Waals surface area contributed by atoms with E-state index < -0.39 is 0 Å². The van der Waals surface area contributed by atoms with Crippen LogP contribution in [0.1, 0.15) is 9.67 Å². The highest BCUT2D eigenvalue weighted by Crippen LogP contribution is 2.29. The molecule has 0 saturated heterocycles. The normalized spacial score (nSPS) is 10.3. The number of carbonyl (C=O) groups is 2. The fourth-order valence-electron chi connectivity index (χ4n) is 2.73. The summed E-state index contributed by atoms with van der Waals surface area (Å²) >= 11 is 1.36. The zero-order valence-electron chi connectivity index (χ0n) is 15.6. The maximum absolute atomic E-state index is 12.2. The van der Waals surface area contributed by atoms with Gasteiger partial charge < -0.3 is 15.0 Å². The molecule has 5 nitrogen and oxygen atoms in total. The second-order valence-electron chi connectivity index (χ2n) is 6.20. The van der Waals surface area contributed by atoms with Crippen LogP contribution >= 0.6 is 11.3 Å². The first-order valence-electron chi connectivity index (χ1n) is 8.98. The van der Waals surface area contributed by atoms with Crippen LogP contribution in [0.2, 0.25) is 0 Å². The van der Waals surface area contributed by atoms with Gasteiger partial charge in [0.15, 0.2) is 0 Å². The number of benzene rings is 2. The van der Waals surface area contributed by atoms with Crippen molar-refractivity contribution >= 4 is 23.2 Å². The molecule has 1 aromatic heterocycles. The highest BCUT2D eigenvalue weighted by Gasteiger charge is 2.15. The van der Waals surface area contributed by atoms with Crippen molar-refractivity contribution in [1.82, 2.24) is 10.2 Å². The maximum atomic E-state index is 12.2. The highest BCUT2D eigenvalue weighted by atomic mass is 32.1. The van der Waals surface area contributed by atoms with Gasteiger partial charge in [-0.1, -0.05) is 54.6 Å². The van der Waals surface area contributed by atoms with Crippen LogP contribution in [0.4, 0.5) is 0 Å². The first kappa shape index (κ1) is 19.6. The van der Waals surface area contributed by atoms with Crippen LogP contribution in [0.5, 0.6) is 5.75 Å². The molecule has 2 amide bonds. The predicted molar refractivity (Wildman–Crippen MR) is 112 cm³/mol. The van der Waals surface area contributed by atoms with Crippen LogP contribution in [-0.4, -0.2) is 43.5 Å².